The highest BCUT2D eigenvalue weighted by molar-refractivity contribution is 7.89. The summed E-state index contributed by atoms with van der Waals surface area (Å²) in [6.45, 7) is 4.17. The summed E-state index contributed by atoms with van der Waals surface area (Å²) in [5.41, 5.74) is -0.318. The number of hydrogen-bond acceptors (Lipinski definition) is 6. The first kappa shape index (κ1) is 16.5. The van der Waals surface area contributed by atoms with Crippen LogP contribution < -0.4 is 10.4 Å². The molecule has 0 spiro atoms. The first-order valence-corrected chi connectivity index (χ1v) is 8.90. The molecule has 0 aliphatic rings. The Morgan fingerprint density at radius 2 is 1.75 bits per heavy atom. The standard InChI is InChI=1S/C16H17NO6S/c1-4-17(5-2)24(19,20)16-10-6-7-12(18)23-14(10)15(21-3)13-11(16)8-9-22-13/h6-9H,4-5H2,1-3H3. The topological polar surface area (TPSA) is 90.0 Å². The lowest BCUT2D eigenvalue weighted by Crippen LogP contribution is -2.31. The smallest absolute Gasteiger partial charge is 0.336 e. The zero-order valence-corrected chi connectivity index (χ0v) is 14.3. The van der Waals surface area contributed by atoms with Gasteiger partial charge in [-0.3, -0.25) is 0 Å². The van der Waals surface area contributed by atoms with Crippen molar-refractivity contribution < 1.29 is 22.0 Å². The molecule has 24 heavy (non-hydrogen) atoms. The highest BCUT2D eigenvalue weighted by Crippen LogP contribution is 2.41. The SMILES string of the molecule is CCN(CC)S(=O)(=O)c1c2ccoc2c(OC)c2oc(=O)ccc12. The van der Waals surface area contributed by atoms with Gasteiger partial charge in [0, 0.05) is 29.9 Å². The minimum absolute atomic E-state index is 0.0505. The first-order chi connectivity index (χ1) is 11.5. The fourth-order valence-electron chi connectivity index (χ4n) is 2.83. The molecule has 2 aromatic heterocycles. The average molecular weight is 351 g/mol. The number of methoxy groups -OCH3 is 1. The predicted octanol–water partition coefficient (Wildman–Crippen LogP) is 2.58. The Kier molecular flexibility index (Phi) is 4.10. The van der Waals surface area contributed by atoms with Gasteiger partial charge in [0.1, 0.15) is 4.90 Å². The molecule has 0 unspecified atom stereocenters. The third kappa shape index (κ3) is 2.30. The van der Waals surface area contributed by atoms with Crippen molar-refractivity contribution in [2.24, 2.45) is 0 Å². The molecule has 0 aliphatic heterocycles. The Morgan fingerprint density at radius 1 is 1.08 bits per heavy atom. The molecular weight excluding hydrogens is 334 g/mol. The zero-order valence-electron chi connectivity index (χ0n) is 13.5. The maximum absolute atomic E-state index is 13.1. The highest BCUT2D eigenvalue weighted by atomic mass is 32.2. The Balaban J connectivity index is 2.55. The molecule has 1 aromatic carbocycles. The maximum Gasteiger partial charge on any atom is 0.336 e. The van der Waals surface area contributed by atoms with Gasteiger partial charge in [0.2, 0.25) is 15.8 Å². The Labute approximate surface area is 138 Å². The van der Waals surface area contributed by atoms with Crippen LogP contribution in [0.4, 0.5) is 0 Å². The van der Waals surface area contributed by atoms with Crippen molar-refractivity contribution in [3.05, 3.63) is 34.9 Å². The lowest BCUT2D eigenvalue weighted by Gasteiger charge is -2.20. The molecule has 8 heteroatoms. The van der Waals surface area contributed by atoms with Crippen LogP contribution in [0.5, 0.6) is 5.75 Å². The van der Waals surface area contributed by atoms with E-state index in [9.17, 15) is 13.2 Å². The number of sulfonamides is 1. The normalized spacial score (nSPS) is 12.3. The molecule has 3 aromatic rings. The average Bonchev–Trinajstić information content (AvgIpc) is 3.01. The Bertz CT molecular complexity index is 1060. The van der Waals surface area contributed by atoms with Crippen molar-refractivity contribution in [2.75, 3.05) is 20.2 Å². The maximum atomic E-state index is 13.1. The fraction of sp³-hybridized carbons (Fsp3) is 0.312. The van der Waals surface area contributed by atoms with Crippen LogP contribution in [0.15, 0.2) is 43.0 Å². The molecule has 0 amide bonds. The number of ether oxygens (including phenoxy) is 1. The van der Waals surface area contributed by atoms with Gasteiger partial charge in [0.25, 0.3) is 0 Å². The summed E-state index contributed by atoms with van der Waals surface area (Å²) in [5, 5.41) is 0.673. The van der Waals surface area contributed by atoms with Crippen LogP contribution in [0, 0.1) is 0 Å². The van der Waals surface area contributed by atoms with Crippen LogP contribution in [-0.4, -0.2) is 32.9 Å². The van der Waals surface area contributed by atoms with Gasteiger partial charge >= 0.3 is 5.63 Å². The number of furan rings is 1. The van der Waals surface area contributed by atoms with E-state index in [1.807, 2.05) is 0 Å². The van der Waals surface area contributed by atoms with Crippen molar-refractivity contribution in [1.82, 2.24) is 4.31 Å². The van der Waals surface area contributed by atoms with Crippen LogP contribution in [0.25, 0.3) is 21.9 Å². The Morgan fingerprint density at radius 3 is 2.38 bits per heavy atom. The van der Waals surface area contributed by atoms with Crippen LogP contribution in [0.3, 0.4) is 0 Å². The monoisotopic (exact) mass is 351 g/mol. The van der Waals surface area contributed by atoms with E-state index in [0.717, 1.165) is 0 Å². The lowest BCUT2D eigenvalue weighted by molar-refractivity contribution is 0.402. The number of rotatable bonds is 5. The summed E-state index contributed by atoms with van der Waals surface area (Å²) in [6.07, 6.45) is 1.38. The predicted molar refractivity (Wildman–Crippen MR) is 88.9 cm³/mol. The van der Waals surface area contributed by atoms with Crippen LogP contribution in [-0.2, 0) is 10.0 Å². The van der Waals surface area contributed by atoms with Crippen LogP contribution >= 0.6 is 0 Å². The van der Waals surface area contributed by atoms with Crippen molar-refractivity contribution in [3.8, 4) is 5.75 Å². The molecule has 0 aliphatic carbocycles. The number of hydrogen-bond donors (Lipinski definition) is 0. The van der Waals surface area contributed by atoms with Gasteiger partial charge in [0.15, 0.2) is 11.2 Å². The van der Waals surface area contributed by atoms with Crippen LogP contribution in [0.1, 0.15) is 13.8 Å². The molecule has 0 saturated carbocycles. The van der Waals surface area contributed by atoms with Crippen LogP contribution in [0.2, 0.25) is 0 Å². The molecule has 0 saturated heterocycles. The molecule has 0 atom stereocenters. The van der Waals surface area contributed by atoms with E-state index in [-0.39, 0.29) is 27.2 Å². The van der Waals surface area contributed by atoms with Crippen molar-refractivity contribution in [3.63, 3.8) is 0 Å². The number of benzene rings is 1. The second-order valence-corrected chi connectivity index (χ2v) is 6.99. The summed E-state index contributed by atoms with van der Waals surface area (Å²) in [7, 11) is -2.40. The van der Waals surface area contributed by atoms with Crippen molar-refractivity contribution >= 4 is 32.0 Å². The molecule has 7 nitrogen and oxygen atoms in total. The largest absolute Gasteiger partial charge is 0.490 e. The number of nitrogens with zero attached hydrogens (tertiary/aromatic N) is 1. The minimum atomic E-state index is -3.81. The summed E-state index contributed by atoms with van der Waals surface area (Å²) in [4.78, 5) is 11.7. The molecule has 0 N–H and O–H groups in total. The molecular formula is C16H17NO6S. The van der Waals surface area contributed by atoms with Gasteiger partial charge in [-0.1, -0.05) is 13.8 Å². The summed E-state index contributed by atoms with van der Waals surface area (Å²) in [6, 6.07) is 4.19. The van der Waals surface area contributed by atoms with Gasteiger partial charge in [-0.15, -0.1) is 0 Å². The molecule has 2 heterocycles. The first-order valence-electron chi connectivity index (χ1n) is 7.46. The summed E-state index contributed by atoms with van der Waals surface area (Å²) >= 11 is 0. The van der Waals surface area contributed by atoms with Gasteiger partial charge in [-0.25, -0.2) is 13.2 Å². The molecule has 128 valence electrons. The van der Waals surface area contributed by atoms with E-state index in [2.05, 4.69) is 0 Å². The Hall–Kier alpha value is -2.32. The van der Waals surface area contributed by atoms with E-state index in [0.29, 0.717) is 18.5 Å². The van der Waals surface area contributed by atoms with Gasteiger partial charge in [-0.05, 0) is 12.1 Å². The summed E-state index contributed by atoms with van der Waals surface area (Å²) in [5.74, 6) is 0.196. The second kappa shape index (κ2) is 5.95. The van der Waals surface area contributed by atoms with E-state index < -0.39 is 15.6 Å². The molecule has 0 fully saturated rings. The highest BCUT2D eigenvalue weighted by Gasteiger charge is 2.30. The summed E-state index contributed by atoms with van der Waals surface area (Å²) < 4.78 is 43.5. The quantitative estimate of drug-likeness (QED) is 0.656. The third-order valence-corrected chi connectivity index (χ3v) is 6.06. The van der Waals surface area contributed by atoms with E-state index in [4.69, 9.17) is 13.6 Å². The molecule has 3 rings (SSSR count). The molecule has 0 bridgehead atoms. The van der Waals surface area contributed by atoms with Crippen molar-refractivity contribution in [2.45, 2.75) is 18.7 Å². The van der Waals surface area contributed by atoms with E-state index in [1.54, 1.807) is 19.9 Å². The minimum Gasteiger partial charge on any atom is -0.490 e. The van der Waals surface area contributed by atoms with Gasteiger partial charge in [0.05, 0.1) is 13.4 Å². The fourth-order valence-corrected chi connectivity index (χ4v) is 4.65. The number of fused-ring (bicyclic) bond motifs is 2. The third-order valence-electron chi connectivity index (χ3n) is 3.91. The van der Waals surface area contributed by atoms with E-state index >= 15 is 0 Å². The van der Waals surface area contributed by atoms with Gasteiger partial charge in [-0.2, -0.15) is 4.31 Å². The lowest BCUT2D eigenvalue weighted by atomic mass is 10.1. The van der Waals surface area contributed by atoms with Crippen molar-refractivity contribution in [1.29, 1.82) is 0 Å². The second-order valence-electron chi connectivity index (χ2n) is 5.11. The van der Waals surface area contributed by atoms with Gasteiger partial charge < -0.3 is 13.6 Å². The zero-order chi connectivity index (χ0) is 17.5. The molecule has 0 radical (unpaired) electrons. The van der Waals surface area contributed by atoms with E-state index in [1.165, 1.54) is 29.8 Å².